The van der Waals surface area contributed by atoms with Gasteiger partial charge in [0.15, 0.2) is 9.84 Å². The fourth-order valence-electron chi connectivity index (χ4n) is 2.45. The summed E-state index contributed by atoms with van der Waals surface area (Å²) >= 11 is 1.50. The zero-order chi connectivity index (χ0) is 20.9. The van der Waals surface area contributed by atoms with Crippen LogP contribution in [-0.4, -0.2) is 52.7 Å². The molecule has 11 heteroatoms. The SMILES string of the molecule is C=CS(=O)(=O)CCC(=O)Nc1cnn(CC)c1C(=O)N(C)Cc1csc(C)n1. The number of rotatable bonds is 9. The highest BCUT2D eigenvalue weighted by Crippen LogP contribution is 2.19. The van der Waals surface area contributed by atoms with E-state index >= 15 is 0 Å². The maximum absolute atomic E-state index is 12.9. The molecule has 0 radical (unpaired) electrons. The zero-order valence-corrected chi connectivity index (χ0v) is 17.6. The van der Waals surface area contributed by atoms with Crippen LogP contribution in [0.5, 0.6) is 0 Å². The lowest BCUT2D eigenvalue weighted by Crippen LogP contribution is -2.30. The Labute approximate surface area is 168 Å². The monoisotopic (exact) mass is 425 g/mol. The average molecular weight is 426 g/mol. The molecule has 1 N–H and O–H groups in total. The molecule has 2 aromatic heterocycles. The number of nitrogens with zero attached hydrogens (tertiary/aromatic N) is 4. The van der Waals surface area contributed by atoms with Crippen molar-refractivity contribution in [2.75, 3.05) is 18.1 Å². The first-order valence-electron chi connectivity index (χ1n) is 8.54. The number of amides is 2. The van der Waals surface area contributed by atoms with E-state index in [4.69, 9.17) is 0 Å². The van der Waals surface area contributed by atoms with E-state index in [0.29, 0.717) is 13.1 Å². The van der Waals surface area contributed by atoms with Crippen molar-refractivity contribution in [3.63, 3.8) is 0 Å². The van der Waals surface area contributed by atoms with Crippen LogP contribution in [0.15, 0.2) is 23.6 Å². The summed E-state index contributed by atoms with van der Waals surface area (Å²) in [4.78, 5) is 30.9. The lowest BCUT2D eigenvalue weighted by molar-refractivity contribution is -0.115. The summed E-state index contributed by atoms with van der Waals surface area (Å²) in [5.74, 6) is -1.19. The molecular formula is C17H23N5O4S2. The summed E-state index contributed by atoms with van der Waals surface area (Å²) in [7, 11) is -1.83. The van der Waals surface area contributed by atoms with Crippen molar-refractivity contribution in [1.82, 2.24) is 19.7 Å². The van der Waals surface area contributed by atoms with Gasteiger partial charge < -0.3 is 10.2 Å². The van der Waals surface area contributed by atoms with Crippen LogP contribution in [0, 0.1) is 6.92 Å². The largest absolute Gasteiger partial charge is 0.334 e. The molecule has 0 aromatic carbocycles. The fourth-order valence-corrected chi connectivity index (χ4v) is 3.69. The fraction of sp³-hybridized carbons (Fsp3) is 0.412. The number of sulfone groups is 1. The molecule has 2 amide bonds. The highest BCUT2D eigenvalue weighted by molar-refractivity contribution is 7.94. The van der Waals surface area contributed by atoms with Gasteiger partial charge in [0.2, 0.25) is 5.91 Å². The van der Waals surface area contributed by atoms with Crippen molar-refractivity contribution >= 4 is 38.7 Å². The molecule has 2 aromatic rings. The Morgan fingerprint density at radius 1 is 1.43 bits per heavy atom. The van der Waals surface area contributed by atoms with Gasteiger partial charge >= 0.3 is 0 Å². The summed E-state index contributed by atoms with van der Waals surface area (Å²) in [5.41, 5.74) is 1.26. The minimum Gasteiger partial charge on any atom is -0.334 e. The second-order valence-corrected chi connectivity index (χ2v) is 9.20. The van der Waals surface area contributed by atoms with Crippen molar-refractivity contribution in [3.05, 3.63) is 40.0 Å². The Morgan fingerprint density at radius 2 is 2.14 bits per heavy atom. The van der Waals surface area contributed by atoms with Crippen LogP contribution in [0.2, 0.25) is 0 Å². The maximum Gasteiger partial charge on any atom is 0.274 e. The topological polar surface area (TPSA) is 114 Å². The summed E-state index contributed by atoms with van der Waals surface area (Å²) in [6.45, 7) is 7.69. The number of anilines is 1. The van der Waals surface area contributed by atoms with Crippen molar-refractivity contribution in [2.45, 2.75) is 33.4 Å². The van der Waals surface area contributed by atoms with Gasteiger partial charge in [-0.05, 0) is 13.8 Å². The standard InChI is InChI=1S/C17H23N5O4S2/c1-5-22-16(17(24)21(4)10-13-11-27-12(3)19-13)14(9-18-22)20-15(23)7-8-28(25,26)6-2/h6,9,11H,2,5,7-8,10H2,1,3-4H3,(H,20,23). The van der Waals surface area contributed by atoms with Crippen LogP contribution < -0.4 is 5.32 Å². The molecule has 0 aliphatic rings. The van der Waals surface area contributed by atoms with E-state index in [0.717, 1.165) is 16.1 Å². The highest BCUT2D eigenvalue weighted by Gasteiger charge is 2.23. The van der Waals surface area contributed by atoms with Crippen LogP contribution >= 0.6 is 11.3 Å². The Hall–Kier alpha value is -2.53. The molecule has 0 bridgehead atoms. The Morgan fingerprint density at radius 3 is 2.71 bits per heavy atom. The van der Waals surface area contributed by atoms with Gasteiger partial charge in [0.1, 0.15) is 5.69 Å². The maximum atomic E-state index is 12.9. The van der Waals surface area contributed by atoms with Crippen molar-refractivity contribution < 1.29 is 18.0 Å². The quantitative estimate of drug-likeness (QED) is 0.655. The average Bonchev–Trinajstić information content (AvgIpc) is 3.25. The van der Waals surface area contributed by atoms with Gasteiger partial charge in [-0.1, -0.05) is 6.58 Å². The third-order valence-electron chi connectivity index (χ3n) is 3.90. The Balaban J connectivity index is 2.15. The van der Waals surface area contributed by atoms with E-state index in [1.54, 1.807) is 7.05 Å². The number of aromatic nitrogens is 3. The number of hydrogen-bond donors (Lipinski definition) is 1. The van der Waals surface area contributed by atoms with E-state index < -0.39 is 15.7 Å². The molecule has 0 unspecified atom stereocenters. The van der Waals surface area contributed by atoms with E-state index in [2.05, 4.69) is 22.0 Å². The predicted molar refractivity (Wildman–Crippen MR) is 108 cm³/mol. The third kappa shape index (κ3) is 5.49. The van der Waals surface area contributed by atoms with Crippen LogP contribution in [0.25, 0.3) is 0 Å². The number of carbonyl (C=O) groups excluding carboxylic acids is 2. The Kier molecular flexibility index (Phi) is 7.08. The van der Waals surface area contributed by atoms with E-state index in [1.165, 1.54) is 27.1 Å². The van der Waals surface area contributed by atoms with Gasteiger partial charge in [0, 0.05) is 30.8 Å². The van der Waals surface area contributed by atoms with Crippen LogP contribution in [0.3, 0.4) is 0 Å². The van der Waals surface area contributed by atoms with E-state index in [1.807, 2.05) is 19.2 Å². The third-order valence-corrected chi connectivity index (χ3v) is 6.00. The van der Waals surface area contributed by atoms with Gasteiger partial charge in [-0.2, -0.15) is 5.10 Å². The van der Waals surface area contributed by atoms with Gasteiger partial charge in [0.05, 0.1) is 34.9 Å². The summed E-state index contributed by atoms with van der Waals surface area (Å²) in [6.07, 6.45) is 1.14. The molecule has 0 atom stereocenters. The molecule has 2 heterocycles. The summed E-state index contributed by atoms with van der Waals surface area (Å²) in [6, 6.07) is 0. The van der Waals surface area contributed by atoms with Crippen LogP contribution in [-0.2, 0) is 27.7 Å². The molecule has 0 spiro atoms. The normalized spacial score (nSPS) is 11.2. The second kappa shape index (κ2) is 9.11. The number of thiazole rings is 1. The molecule has 0 aliphatic carbocycles. The van der Waals surface area contributed by atoms with Crippen molar-refractivity contribution in [3.8, 4) is 0 Å². The molecule has 0 saturated carbocycles. The van der Waals surface area contributed by atoms with Crippen LogP contribution in [0.1, 0.15) is 34.5 Å². The molecule has 2 rings (SSSR count). The van der Waals surface area contributed by atoms with E-state index in [9.17, 15) is 18.0 Å². The number of hydrogen-bond acceptors (Lipinski definition) is 7. The minimum absolute atomic E-state index is 0.233. The van der Waals surface area contributed by atoms with Gasteiger partial charge in [-0.3, -0.25) is 14.3 Å². The molecule has 28 heavy (non-hydrogen) atoms. The summed E-state index contributed by atoms with van der Waals surface area (Å²) < 4.78 is 24.4. The van der Waals surface area contributed by atoms with E-state index in [-0.39, 0.29) is 29.5 Å². The zero-order valence-electron chi connectivity index (χ0n) is 16.0. The van der Waals surface area contributed by atoms with Gasteiger partial charge in [-0.25, -0.2) is 13.4 Å². The predicted octanol–water partition coefficient (Wildman–Crippen LogP) is 1.83. The summed E-state index contributed by atoms with van der Waals surface area (Å²) in [5, 5.41) is 10.3. The van der Waals surface area contributed by atoms with Crippen molar-refractivity contribution in [2.24, 2.45) is 0 Å². The molecule has 0 saturated heterocycles. The highest BCUT2D eigenvalue weighted by atomic mass is 32.2. The first-order valence-corrected chi connectivity index (χ1v) is 11.1. The van der Waals surface area contributed by atoms with Crippen molar-refractivity contribution in [1.29, 1.82) is 0 Å². The molecular weight excluding hydrogens is 402 g/mol. The lowest BCUT2D eigenvalue weighted by atomic mass is 10.3. The molecule has 9 nitrogen and oxygen atoms in total. The van der Waals surface area contributed by atoms with Gasteiger partial charge in [-0.15, -0.1) is 11.3 Å². The second-order valence-electron chi connectivity index (χ2n) is 6.07. The molecule has 0 fully saturated rings. The Bertz CT molecular complexity index is 978. The number of nitrogens with one attached hydrogen (secondary N) is 1. The number of aryl methyl sites for hydroxylation is 2. The first-order chi connectivity index (χ1) is 13.2. The smallest absolute Gasteiger partial charge is 0.274 e. The lowest BCUT2D eigenvalue weighted by Gasteiger charge is -2.18. The van der Waals surface area contributed by atoms with Crippen LogP contribution in [0.4, 0.5) is 5.69 Å². The van der Waals surface area contributed by atoms with Gasteiger partial charge in [0.25, 0.3) is 5.91 Å². The minimum atomic E-state index is -3.48. The first kappa shape index (κ1) is 21.8. The molecule has 152 valence electrons. The number of carbonyl (C=O) groups is 2. The molecule has 0 aliphatic heterocycles.